The second-order valence-electron chi connectivity index (χ2n) is 7.33. The molecule has 0 amide bonds. The lowest BCUT2D eigenvalue weighted by molar-refractivity contribution is -0.463. The van der Waals surface area contributed by atoms with Crippen molar-refractivity contribution in [1.29, 1.82) is 0 Å². The number of rotatable bonds is 4. The van der Waals surface area contributed by atoms with E-state index in [0.717, 1.165) is 79.0 Å². The van der Waals surface area contributed by atoms with E-state index in [1.165, 1.54) is 5.56 Å². The molecule has 0 radical (unpaired) electrons. The van der Waals surface area contributed by atoms with E-state index >= 15 is 0 Å². The molecule has 0 spiro atoms. The predicted molar refractivity (Wildman–Crippen MR) is 113 cm³/mol. The first-order chi connectivity index (χ1) is 14.4. The molecule has 0 saturated heterocycles. The fraction of sp³-hybridized carbons (Fsp3) is 0.261. The maximum absolute atomic E-state index is 6.09. The second kappa shape index (κ2) is 10.5. The van der Waals surface area contributed by atoms with Gasteiger partial charge in [0.15, 0.2) is 0 Å². The monoisotopic (exact) mass is 457 g/mol. The second-order valence-corrected chi connectivity index (χ2v) is 7.33. The zero-order valence-corrected chi connectivity index (χ0v) is 18.6. The van der Waals surface area contributed by atoms with Crippen LogP contribution in [0, 0.1) is 0 Å². The molecule has 0 unspecified atom stereocenters. The van der Waals surface area contributed by atoms with E-state index in [2.05, 4.69) is 74.1 Å². The SMILES string of the molecule is [Cl-].[Cl-].c1cc(-c2[nH+]cc(-c3ccc(C4=[NH+]CCCN4)cc3)o2)ccc1C1=NCCCN1. The molecule has 162 valence electrons. The van der Waals surface area contributed by atoms with Gasteiger partial charge in [-0.1, -0.05) is 24.3 Å². The topological polar surface area (TPSA) is 77.7 Å². The fourth-order valence-corrected chi connectivity index (χ4v) is 3.67. The summed E-state index contributed by atoms with van der Waals surface area (Å²) in [4.78, 5) is 11.2. The summed E-state index contributed by atoms with van der Waals surface area (Å²) in [6, 6.07) is 16.7. The first-order valence-electron chi connectivity index (χ1n) is 10.2. The number of nitrogens with one attached hydrogen (secondary N) is 4. The van der Waals surface area contributed by atoms with Gasteiger partial charge in [0.2, 0.25) is 12.0 Å². The summed E-state index contributed by atoms with van der Waals surface area (Å²) in [6.07, 6.45) is 4.16. The minimum Gasteiger partial charge on any atom is -1.00 e. The van der Waals surface area contributed by atoms with Crippen molar-refractivity contribution in [3.8, 4) is 22.8 Å². The van der Waals surface area contributed by atoms with Crippen LogP contribution in [-0.4, -0.2) is 37.9 Å². The number of H-pyrrole nitrogens is 1. The average Bonchev–Trinajstić information content (AvgIpc) is 3.31. The van der Waals surface area contributed by atoms with Crippen LogP contribution in [0.3, 0.4) is 0 Å². The van der Waals surface area contributed by atoms with Crippen LogP contribution >= 0.6 is 0 Å². The number of benzene rings is 2. The summed E-state index contributed by atoms with van der Waals surface area (Å²) in [5, 5.41) is 6.77. The highest BCUT2D eigenvalue weighted by atomic mass is 35.5. The van der Waals surface area contributed by atoms with Crippen molar-refractivity contribution in [2.24, 2.45) is 4.99 Å². The summed E-state index contributed by atoms with van der Waals surface area (Å²) >= 11 is 0. The average molecular weight is 458 g/mol. The third kappa shape index (κ3) is 5.09. The first kappa shape index (κ1) is 22.8. The highest BCUT2D eigenvalue weighted by Crippen LogP contribution is 2.24. The Bertz CT molecular complexity index is 974. The Balaban J connectivity index is 0.00000136. The van der Waals surface area contributed by atoms with Crippen LogP contribution in [0.4, 0.5) is 0 Å². The molecule has 6 nitrogen and oxygen atoms in total. The van der Waals surface area contributed by atoms with Crippen molar-refractivity contribution < 1.29 is 39.2 Å². The summed E-state index contributed by atoms with van der Waals surface area (Å²) < 4.78 is 6.09. The van der Waals surface area contributed by atoms with Gasteiger partial charge in [-0.3, -0.25) is 15.3 Å². The zero-order valence-electron chi connectivity index (χ0n) is 17.1. The quantitative estimate of drug-likeness (QED) is 0.367. The van der Waals surface area contributed by atoms with Gasteiger partial charge in [-0.2, -0.15) is 4.98 Å². The summed E-state index contributed by atoms with van der Waals surface area (Å²) in [5.41, 5.74) is 4.33. The summed E-state index contributed by atoms with van der Waals surface area (Å²) in [5.74, 6) is 3.65. The summed E-state index contributed by atoms with van der Waals surface area (Å²) in [6.45, 7) is 3.91. The van der Waals surface area contributed by atoms with Crippen LogP contribution in [0.1, 0.15) is 24.0 Å². The number of nitrogens with zero attached hydrogens (tertiary/aromatic N) is 1. The lowest BCUT2D eigenvalue weighted by Crippen LogP contribution is -3.00. The number of halogens is 2. The van der Waals surface area contributed by atoms with E-state index in [0.29, 0.717) is 0 Å². The highest BCUT2D eigenvalue weighted by molar-refractivity contribution is 5.99. The van der Waals surface area contributed by atoms with Gasteiger partial charge < -0.3 is 34.5 Å². The highest BCUT2D eigenvalue weighted by Gasteiger charge is 2.17. The van der Waals surface area contributed by atoms with Crippen molar-refractivity contribution in [3.05, 3.63) is 65.9 Å². The standard InChI is InChI=1S/C23H23N5O.2ClH/c1-11-24-21(25-12-1)17-5-3-16(4-6-17)20-15-28-23(29-20)19-9-7-18(8-10-19)22-26-13-2-14-27-22;;/h3-10,15H,1-2,11-14H2,(H,24,25)(H,26,27);2*1H. The maximum Gasteiger partial charge on any atom is 0.379 e. The molecule has 2 aliphatic heterocycles. The van der Waals surface area contributed by atoms with Crippen molar-refractivity contribution >= 4 is 11.7 Å². The number of oxazole rings is 1. The van der Waals surface area contributed by atoms with E-state index in [-0.39, 0.29) is 24.8 Å². The molecule has 0 fully saturated rings. The molecule has 8 heteroatoms. The van der Waals surface area contributed by atoms with Gasteiger partial charge in [-0.05, 0) is 30.7 Å². The van der Waals surface area contributed by atoms with Crippen molar-refractivity contribution in [1.82, 2.24) is 10.6 Å². The number of amidine groups is 2. The molecular formula is C23H25Cl2N5O. The smallest absolute Gasteiger partial charge is 0.379 e. The number of aliphatic imine (C=N–C) groups is 1. The van der Waals surface area contributed by atoms with Gasteiger partial charge in [-0.25, -0.2) is 0 Å². The van der Waals surface area contributed by atoms with Gasteiger partial charge in [0.25, 0.3) is 5.84 Å². The minimum absolute atomic E-state index is 0. The Hall–Kier alpha value is -2.83. The zero-order chi connectivity index (χ0) is 19.5. The Labute approximate surface area is 194 Å². The van der Waals surface area contributed by atoms with E-state index in [9.17, 15) is 0 Å². The largest absolute Gasteiger partial charge is 1.00 e. The number of hydrogen-bond donors (Lipinski definition) is 3. The molecule has 3 heterocycles. The molecule has 0 atom stereocenters. The number of aromatic amines is 1. The van der Waals surface area contributed by atoms with Crippen LogP contribution in [0.2, 0.25) is 0 Å². The number of hydrogen-bond acceptors (Lipinski definition) is 4. The summed E-state index contributed by atoms with van der Waals surface area (Å²) in [7, 11) is 0. The van der Waals surface area contributed by atoms with Crippen molar-refractivity contribution in [3.63, 3.8) is 0 Å². The molecule has 2 aromatic carbocycles. The first-order valence-corrected chi connectivity index (χ1v) is 10.2. The molecule has 31 heavy (non-hydrogen) atoms. The normalized spacial score (nSPS) is 15.4. The van der Waals surface area contributed by atoms with Crippen LogP contribution in [0.25, 0.3) is 22.8 Å². The molecular weight excluding hydrogens is 433 g/mol. The van der Waals surface area contributed by atoms with E-state index in [1.807, 2.05) is 6.20 Å². The molecule has 2 aliphatic rings. The molecule has 5 rings (SSSR count). The molecule has 1 aromatic heterocycles. The Morgan fingerprint density at radius 3 is 2.13 bits per heavy atom. The third-order valence-corrected chi connectivity index (χ3v) is 5.28. The maximum atomic E-state index is 6.09. The Kier molecular flexibility index (Phi) is 7.71. The third-order valence-electron chi connectivity index (χ3n) is 5.28. The predicted octanol–water partition coefficient (Wildman–Crippen LogP) is -5.00. The van der Waals surface area contributed by atoms with Gasteiger partial charge in [0.05, 0.1) is 24.2 Å². The van der Waals surface area contributed by atoms with E-state index < -0.39 is 0 Å². The van der Waals surface area contributed by atoms with Gasteiger partial charge in [0, 0.05) is 30.6 Å². The van der Waals surface area contributed by atoms with Crippen LogP contribution in [-0.2, 0) is 0 Å². The molecule has 0 saturated carbocycles. The van der Waals surface area contributed by atoms with Crippen molar-refractivity contribution in [2.75, 3.05) is 26.2 Å². The van der Waals surface area contributed by atoms with Crippen LogP contribution in [0.15, 0.2) is 64.1 Å². The molecule has 0 bridgehead atoms. The van der Waals surface area contributed by atoms with Gasteiger partial charge in [0.1, 0.15) is 5.84 Å². The molecule has 3 aromatic rings. The fourth-order valence-electron chi connectivity index (χ4n) is 3.67. The Morgan fingerprint density at radius 1 is 0.774 bits per heavy atom. The van der Waals surface area contributed by atoms with E-state index in [1.54, 1.807) is 0 Å². The van der Waals surface area contributed by atoms with E-state index in [4.69, 9.17) is 4.42 Å². The van der Waals surface area contributed by atoms with Crippen molar-refractivity contribution in [2.45, 2.75) is 12.8 Å². The Morgan fingerprint density at radius 2 is 1.45 bits per heavy atom. The molecule has 4 N–H and O–H groups in total. The van der Waals surface area contributed by atoms with Gasteiger partial charge >= 0.3 is 5.89 Å². The molecule has 0 aliphatic carbocycles. The lowest BCUT2D eigenvalue weighted by Gasteiger charge is -2.14. The van der Waals surface area contributed by atoms with Crippen LogP contribution in [0.5, 0.6) is 0 Å². The number of aromatic nitrogens is 1. The van der Waals surface area contributed by atoms with Gasteiger partial charge in [-0.15, -0.1) is 0 Å². The van der Waals surface area contributed by atoms with Crippen LogP contribution < -0.4 is 45.4 Å². The lowest BCUT2D eigenvalue weighted by atomic mass is 10.1. The minimum atomic E-state index is 0.